The summed E-state index contributed by atoms with van der Waals surface area (Å²) in [5.41, 5.74) is 5.99. The topological polar surface area (TPSA) is 52.3 Å². The Bertz CT molecular complexity index is 393. The number of methoxy groups -OCH3 is 1. The molecule has 3 nitrogen and oxygen atoms in total. The standard InChI is InChI=1S/C14H20ClNO2/c1-18-14-8-7-11(15)10-12(14)13(17)6-4-2-3-5-9-16/h7-8,10H,2-6,9,16H2,1H3. The second-order valence-electron chi connectivity index (χ2n) is 4.22. The zero-order chi connectivity index (χ0) is 13.4. The van der Waals surface area contributed by atoms with Gasteiger partial charge in [0.05, 0.1) is 12.7 Å². The van der Waals surface area contributed by atoms with Gasteiger partial charge in [0.1, 0.15) is 5.75 Å². The molecule has 0 unspecified atom stereocenters. The van der Waals surface area contributed by atoms with Crippen LogP contribution in [0.3, 0.4) is 0 Å². The summed E-state index contributed by atoms with van der Waals surface area (Å²) in [7, 11) is 1.56. The van der Waals surface area contributed by atoms with E-state index in [-0.39, 0.29) is 5.78 Å². The lowest BCUT2D eigenvalue weighted by molar-refractivity contribution is 0.0976. The highest BCUT2D eigenvalue weighted by Gasteiger charge is 2.12. The van der Waals surface area contributed by atoms with Gasteiger partial charge in [-0.2, -0.15) is 0 Å². The smallest absolute Gasteiger partial charge is 0.166 e. The first-order valence-corrected chi connectivity index (χ1v) is 6.63. The van der Waals surface area contributed by atoms with Crippen molar-refractivity contribution in [3.05, 3.63) is 28.8 Å². The molecule has 0 heterocycles. The van der Waals surface area contributed by atoms with Gasteiger partial charge in [0.15, 0.2) is 5.78 Å². The minimum Gasteiger partial charge on any atom is -0.496 e. The number of carbonyl (C=O) groups excluding carboxylic acids is 1. The summed E-state index contributed by atoms with van der Waals surface area (Å²) in [6, 6.07) is 5.12. The largest absolute Gasteiger partial charge is 0.496 e. The Morgan fingerprint density at radius 1 is 1.28 bits per heavy atom. The molecule has 0 radical (unpaired) electrons. The van der Waals surface area contributed by atoms with Crippen LogP contribution in [0.5, 0.6) is 5.75 Å². The third-order valence-electron chi connectivity index (χ3n) is 2.82. The maximum Gasteiger partial charge on any atom is 0.166 e. The fraction of sp³-hybridized carbons (Fsp3) is 0.500. The van der Waals surface area contributed by atoms with Crippen molar-refractivity contribution in [1.82, 2.24) is 0 Å². The molecule has 1 aromatic rings. The minimum absolute atomic E-state index is 0.0853. The molecule has 0 saturated heterocycles. The number of nitrogens with two attached hydrogens (primary N) is 1. The maximum absolute atomic E-state index is 12.0. The molecular weight excluding hydrogens is 250 g/mol. The van der Waals surface area contributed by atoms with Gasteiger partial charge in [0.2, 0.25) is 0 Å². The molecule has 0 aliphatic rings. The van der Waals surface area contributed by atoms with E-state index in [2.05, 4.69) is 0 Å². The molecule has 0 aliphatic heterocycles. The van der Waals surface area contributed by atoms with E-state index in [4.69, 9.17) is 22.1 Å². The number of ketones is 1. The van der Waals surface area contributed by atoms with E-state index in [1.807, 2.05) is 0 Å². The van der Waals surface area contributed by atoms with Crippen LogP contribution in [0.4, 0.5) is 0 Å². The quantitative estimate of drug-likeness (QED) is 0.581. The van der Waals surface area contributed by atoms with Crippen molar-refractivity contribution in [1.29, 1.82) is 0 Å². The SMILES string of the molecule is COc1ccc(Cl)cc1C(=O)CCCCCCN. The van der Waals surface area contributed by atoms with E-state index >= 15 is 0 Å². The van der Waals surface area contributed by atoms with Gasteiger partial charge in [-0.1, -0.05) is 24.4 Å². The number of Topliss-reactive ketones (excluding diaryl/α,β-unsaturated/α-hetero) is 1. The lowest BCUT2D eigenvalue weighted by atomic mass is 10.0. The highest BCUT2D eigenvalue weighted by atomic mass is 35.5. The Hall–Kier alpha value is -1.06. The Morgan fingerprint density at radius 3 is 2.67 bits per heavy atom. The third kappa shape index (κ3) is 4.67. The van der Waals surface area contributed by atoms with Crippen molar-refractivity contribution in [2.24, 2.45) is 5.73 Å². The lowest BCUT2D eigenvalue weighted by Gasteiger charge is -2.08. The molecule has 0 spiro atoms. The Kier molecular flexibility index (Phi) is 6.76. The van der Waals surface area contributed by atoms with E-state index < -0.39 is 0 Å². The average molecular weight is 270 g/mol. The number of hydrogen-bond donors (Lipinski definition) is 1. The molecule has 0 amide bonds. The molecule has 18 heavy (non-hydrogen) atoms. The van der Waals surface area contributed by atoms with Crippen LogP contribution in [-0.2, 0) is 0 Å². The van der Waals surface area contributed by atoms with E-state index in [1.165, 1.54) is 0 Å². The molecule has 1 aromatic carbocycles. The third-order valence-corrected chi connectivity index (χ3v) is 3.05. The molecule has 4 heteroatoms. The highest BCUT2D eigenvalue weighted by molar-refractivity contribution is 6.31. The van der Waals surface area contributed by atoms with Crippen molar-refractivity contribution in [2.75, 3.05) is 13.7 Å². The van der Waals surface area contributed by atoms with Crippen LogP contribution in [0.2, 0.25) is 5.02 Å². The van der Waals surface area contributed by atoms with Gasteiger partial charge in [0, 0.05) is 11.4 Å². The van der Waals surface area contributed by atoms with Crippen LogP contribution < -0.4 is 10.5 Å². The van der Waals surface area contributed by atoms with Crippen molar-refractivity contribution < 1.29 is 9.53 Å². The van der Waals surface area contributed by atoms with Crippen LogP contribution in [-0.4, -0.2) is 19.4 Å². The van der Waals surface area contributed by atoms with Gasteiger partial charge in [-0.25, -0.2) is 0 Å². The van der Waals surface area contributed by atoms with Gasteiger partial charge in [0.25, 0.3) is 0 Å². The predicted octanol–water partition coefficient (Wildman–Crippen LogP) is 3.44. The molecule has 0 bridgehead atoms. The van der Waals surface area contributed by atoms with Gasteiger partial charge in [-0.3, -0.25) is 4.79 Å². The molecule has 0 atom stereocenters. The Labute approximate surface area is 113 Å². The van der Waals surface area contributed by atoms with Crippen molar-refractivity contribution in [2.45, 2.75) is 32.1 Å². The molecule has 0 saturated carbocycles. The first kappa shape index (κ1) is 15.0. The Balaban J connectivity index is 2.52. The van der Waals surface area contributed by atoms with Gasteiger partial charge in [-0.05, 0) is 37.6 Å². The molecule has 0 aliphatic carbocycles. The maximum atomic E-state index is 12.0. The fourth-order valence-electron chi connectivity index (χ4n) is 1.82. The monoisotopic (exact) mass is 269 g/mol. The minimum atomic E-state index is 0.0853. The number of ether oxygens (including phenoxy) is 1. The van der Waals surface area contributed by atoms with Crippen molar-refractivity contribution in [3.63, 3.8) is 0 Å². The summed E-state index contributed by atoms with van der Waals surface area (Å²) in [6.07, 6.45) is 4.55. The van der Waals surface area contributed by atoms with E-state index in [9.17, 15) is 4.79 Å². The Morgan fingerprint density at radius 2 is 2.00 bits per heavy atom. The summed E-state index contributed by atoms with van der Waals surface area (Å²) in [4.78, 5) is 12.0. The molecule has 100 valence electrons. The average Bonchev–Trinajstić information content (AvgIpc) is 2.38. The zero-order valence-electron chi connectivity index (χ0n) is 10.7. The second-order valence-corrected chi connectivity index (χ2v) is 4.66. The van der Waals surface area contributed by atoms with E-state index in [0.29, 0.717) is 22.8 Å². The molecule has 0 aromatic heterocycles. The van der Waals surface area contributed by atoms with Crippen LogP contribution in [0.15, 0.2) is 18.2 Å². The second kappa shape index (κ2) is 8.11. The van der Waals surface area contributed by atoms with Crippen LogP contribution in [0.1, 0.15) is 42.5 Å². The molecular formula is C14H20ClNO2. The lowest BCUT2D eigenvalue weighted by Crippen LogP contribution is -2.03. The van der Waals surface area contributed by atoms with Gasteiger partial charge < -0.3 is 10.5 Å². The van der Waals surface area contributed by atoms with E-state index in [1.54, 1.807) is 25.3 Å². The number of halogens is 1. The number of rotatable bonds is 8. The summed E-state index contributed by atoms with van der Waals surface area (Å²) < 4.78 is 5.17. The first-order valence-electron chi connectivity index (χ1n) is 6.26. The number of unbranched alkanes of at least 4 members (excludes halogenated alkanes) is 3. The predicted molar refractivity (Wildman–Crippen MR) is 74.5 cm³/mol. The summed E-state index contributed by atoms with van der Waals surface area (Å²) in [5.74, 6) is 0.674. The van der Waals surface area contributed by atoms with Crippen LogP contribution >= 0.6 is 11.6 Å². The summed E-state index contributed by atoms with van der Waals surface area (Å²) in [5, 5.41) is 0.558. The normalized spacial score (nSPS) is 10.4. The van der Waals surface area contributed by atoms with Crippen molar-refractivity contribution in [3.8, 4) is 5.75 Å². The first-order chi connectivity index (χ1) is 8.69. The van der Waals surface area contributed by atoms with Crippen molar-refractivity contribution >= 4 is 17.4 Å². The summed E-state index contributed by atoms with van der Waals surface area (Å²) in [6.45, 7) is 0.718. The molecule has 1 rings (SSSR count). The highest BCUT2D eigenvalue weighted by Crippen LogP contribution is 2.24. The molecule has 2 N–H and O–H groups in total. The summed E-state index contributed by atoms with van der Waals surface area (Å²) >= 11 is 5.90. The van der Waals surface area contributed by atoms with Gasteiger partial charge >= 0.3 is 0 Å². The van der Waals surface area contributed by atoms with Crippen LogP contribution in [0, 0.1) is 0 Å². The molecule has 0 fully saturated rings. The number of benzene rings is 1. The zero-order valence-corrected chi connectivity index (χ0v) is 11.5. The van der Waals surface area contributed by atoms with E-state index in [0.717, 1.165) is 32.2 Å². The van der Waals surface area contributed by atoms with Gasteiger partial charge in [-0.15, -0.1) is 0 Å². The fourth-order valence-corrected chi connectivity index (χ4v) is 1.99. The van der Waals surface area contributed by atoms with Crippen LogP contribution in [0.25, 0.3) is 0 Å². The number of carbonyl (C=O) groups is 1. The number of hydrogen-bond acceptors (Lipinski definition) is 3.